The van der Waals surface area contributed by atoms with Gasteiger partial charge < -0.3 is 15.5 Å². The molecule has 0 atom stereocenters. The van der Waals surface area contributed by atoms with Crippen molar-refractivity contribution in [3.63, 3.8) is 0 Å². The van der Waals surface area contributed by atoms with Gasteiger partial charge in [0.25, 0.3) is 5.91 Å². The number of aromatic nitrogens is 1. The van der Waals surface area contributed by atoms with Crippen molar-refractivity contribution in [2.45, 2.75) is 6.61 Å². The highest BCUT2D eigenvalue weighted by Gasteiger charge is 2.11. The van der Waals surface area contributed by atoms with Crippen LogP contribution in [0.4, 0.5) is 0 Å². The number of hydrogen-bond donors (Lipinski definition) is 3. The van der Waals surface area contributed by atoms with Crippen molar-refractivity contribution in [3.8, 4) is 5.75 Å². The quantitative estimate of drug-likeness (QED) is 0.509. The summed E-state index contributed by atoms with van der Waals surface area (Å²) >= 11 is 0. The van der Waals surface area contributed by atoms with Crippen molar-refractivity contribution in [2.24, 2.45) is 10.7 Å². The zero-order valence-corrected chi connectivity index (χ0v) is 13.2. The van der Waals surface area contributed by atoms with Crippen LogP contribution in [0.2, 0.25) is 0 Å². The van der Waals surface area contributed by atoms with Crippen molar-refractivity contribution in [3.05, 3.63) is 65.9 Å². The number of nitrogens with two attached hydrogens (primary N) is 1. The number of ether oxygens (including phenoxy) is 1. The van der Waals surface area contributed by atoms with E-state index in [1.807, 2.05) is 48.5 Å². The molecule has 4 N–H and O–H groups in total. The third-order valence-corrected chi connectivity index (χ3v) is 3.57. The third-order valence-electron chi connectivity index (χ3n) is 3.57. The Morgan fingerprint density at radius 2 is 2.00 bits per heavy atom. The van der Waals surface area contributed by atoms with Crippen LogP contribution in [0.15, 0.2) is 59.6 Å². The second-order valence-electron chi connectivity index (χ2n) is 5.27. The van der Waals surface area contributed by atoms with Crippen LogP contribution in [-0.2, 0) is 6.61 Å². The van der Waals surface area contributed by atoms with E-state index >= 15 is 0 Å². The van der Waals surface area contributed by atoms with E-state index in [4.69, 9.17) is 10.5 Å². The molecule has 6 heteroatoms. The Labute approximate surface area is 139 Å². The molecule has 0 aliphatic heterocycles. The van der Waals surface area contributed by atoms with E-state index < -0.39 is 0 Å². The SMILES string of the molecule is CN=C(N)NC(=O)c1cc2cc(OCc3ccccc3)ccc2[nH]1. The number of fused-ring (bicyclic) bond motifs is 1. The van der Waals surface area contributed by atoms with E-state index in [1.165, 1.54) is 7.05 Å². The van der Waals surface area contributed by atoms with Crippen molar-refractivity contribution in [1.82, 2.24) is 10.3 Å². The van der Waals surface area contributed by atoms with Gasteiger partial charge in [-0.1, -0.05) is 30.3 Å². The molecule has 0 saturated carbocycles. The van der Waals surface area contributed by atoms with Crippen LogP contribution in [0.3, 0.4) is 0 Å². The van der Waals surface area contributed by atoms with Crippen molar-refractivity contribution in [2.75, 3.05) is 7.05 Å². The molecule has 0 spiro atoms. The Morgan fingerprint density at radius 1 is 1.21 bits per heavy atom. The topological polar surface area (TPSA) is 92.5 Å². The normalized spacial score (nSPS) is 11.5. The van der Waals surface area contributed by atoms with E-state index in [1.54, 1.807) is 6.07 Å². The fraction of sp³-hybridized carbons (Fsp3) is 0.111. The maximum absolute atomic E-state index is 12.0. The van der Waals surface area contributed by atoms with Crippen molar-refractivity contribution >= 4 is 22.8 Å². The number of benzene rings is 2. The molecule has 1 aromatic heterocycles. The van der Waals surface area contributed by atoms with Crippen LogP contribution in [0.25, 0.3) is 10.9 Å². The smallest absolute Gasteiger partial charge is 0.274 e. The fourth-order valence-electron chi connectivity index (χ4n) is 2.30. The molecular weight excluding hydrogens is 304 g/mol. The number of nitrogens with zero attached hydrogens (tertiary/aromatic N) is 1. The first-order valence-electron chi connectivity index (χ1n) is 7.49. The van der Waals surface area contributed by atoms with Gasteiger partial charge in [-0.05, 0) is 29.8 Å². The van der Waals surface area contributed by atoms with E-state index in [0.717, 1.165) is 22.2 Å². The largest absolute Gasteiger partial charge is 0.489 e. The van der Waals surface area contributed by atoms with Crippen LogP contribution < -0.4 is 15.8 Å². The molecule has 122 valence electrons. The Hall–Kier alpha value is -3.28. The summed E-state index contributed by atoms with van der Waals surface area (Å²) in [5.41, 5.74) is 7.87. The molecule has 0 radical (unpaired) electrons. The molecule has 0 saturated heterocycles. The first kappa shape index (κ1) is 15.6. The molecule has 3 rings (SSSR count). The predicted molar refractivity (Wildman–Crippen MR) is 94.1 cm³/mol. The number of aromatic amines is 1. The van der Waals surface area contributed by atoms with Crippen LogP contribution >= 0.6 is 0 Å². The molecule has 2 aromatic carbocycles. The lowest BCUT2D eigenvalue weighted by Gasteiger charge is -2.06. The standard InChI is InChI=1S/C18H18N4O2/c1-20-18(19)22-17(23)16-10-13-9-14(7-8-15(13)21-16)24-11-12-5-3-2-4-6-12/h2-10,21H,11H2,1H3,(H3,19,20,22,23). The zero-order chi connectivity index (χ0) is 16.9. The van der Waals surface area contributed by atoms with E-state index in [-0.39, 0.29) is 11.9 Å². The van der Waals surface area contributed by atoms with Gasteiger partial charge in [0.2, 0.25) is 0 Å². The predicted octanol–water partition coefficient (Wildman–Crippen LogP) is 2.42. The number of H-pyrrole nitrogens is 1. The molecule has 24 heavy (non-hydrogen) atoms. The summed E-state index contributed by atoms with van der Waals surface area (Å²) in [4.78, 5) is 18.8. The number of amides is 1. The minimum Gasteiger partial charge on any atom is -0.489 e. The van der Waals surface area contributed by atoms with Crippen LogP contribution in [0.1, 0.15) is 16.1 Å². The monoisotopic (exact) mass is 322 g/mol. The summed E-state index contributed by atoms with van der Waals surface area (Å²) in [6.45, 7) is 0.494. The van der Waals surface area contributed by atoms with Crippen molar-refractivity contribution < 1.29 is 9.53 Å². The second kappa shape index (κ2) is 6.87. The molecule has 1 heterocycles. The molecule has 6 nitrogen and oxygen atoms in total. The number of aliphatic imine (C=N–C) groups is 1. The average Bonchev–Trinajstić information content (AvgIpc) is 3.04. The molecule has 0 unspecified atom stereocenters. The van der Waals surface area contributed by atoms with Crippen molar-refractivity contribution in [1.29, 1.82) is 0 Å². The molecule has 1 amide bonds. The zero-order valence-electron chi connectivity index (χ0n) is 13.2. The molecule has 0 fully saturated rings. The molecule has 0 bridgehead atoms. The maximum atomic E-state index is 12.0. The van der Waals surface area contributed by atoms with E-state index in [2.05, 4.69) is 15.3 Å². The lowest BCUT2D eigenvalue weighted by molar-refractivity contribution is 0.0972. The number of guanidine groups is 1. The van der Waals surface area contributed by atoms with Crippen LogP contribution in [-0.4, -0.2) is 23.9 Å². The summed E-state index contributed by atoms with van der Waals surface area (Å²) in [6, 6.07) is 17.3. The average molecular weight is 322 g/mol. The lowest BCUT2D eigenvalue weighted by Crippen LogP contribution is -2.36. The second-order valence-corrected chi connectivity index (χ2v) is 5.27. The first-order chi connectivity index (χ1) is 11.7. The van der Waals surface area contributed by atoms with E-state index in [0.29, 0.717) is 12.3 Å². The Balaban J connectivity index is 1.75. The highest BCUT2D eigenvalue weighted by Crippen LogP contribution is 2.22. The van der Waals surface area contributed by atoms with E-state index in [9.17, 15) is 4.79 Å². The van der Waals surface area contributed by atoms with Gasteiger partial charge in [0.1, 0.15) is 18.1 Å². The van der Waals surface area contributed by atoms with Gasteiger partial charge in [-0.3, -0.25) is 15.1 Å². The summed E-state index contributed by atoms with van der Waals surface area (Å²) in [5, 5.41) is 3.38. The Bertz CT molecular complexity index is 884. The van der Waals surface area contributed by atoms with Crippen LogP contribution in [0, 0.1) is 0 Å². The minimum atomic E-state index is -0.332. The van der Waals surface area contributed by atoms with Gasteiger partial charge in [-0.2, -0.15) is 0 Å². The van der Waals surface area contributed by atoms with Gasteiger partial charge in [0, 0.05) is 18.0 Å². The summed E-state index contributed by atoms with van der Waals surface area (Å²) in [7, 11) is 1.51. The Kier molecular flexibility index (Phi) is 4.47. The maximum Gasteiger partial charge on any atom is 0.274 e. The van der Waals surface area contributed by atoms with Crippen LogP contribution in [0.5, 0.6) is 5.75 Å². The number of nitrogens with one attached hydrogen (secondary N) is 2. The minimum absolute atomic E-state index is 0.0746. The third kappa shape index (κ3) is 3.55. The number of carbonyl (C=O) groups is 1. The number of hydrogen-bond acceptors (Lipinski definition) is 3. The highest BCUT2D eigenvalue weighted by atomic mass is 16.5. The molecule has 0 aliphatic rings. The number of rotatable bonds is 4. The molecule has 3 aromatic rings. The first-order valence-corrected chi connectivity index (χ1v) is 7.49. The summed E-state index contributed by atoms with van der Waals surface area (Å²) < 4.78 is 5.80. The van der Waals surface area contributed by atoms with Gasteiger partial charge in [0.05, 0.1) is 0 Å². The molecular formula is C18H18N4O2. The van der Waals surface area contributed by atoms with Gasteiger partial charge >= 0.3 is 0 Å². The number of carbonyl (C=O) groups excluding carboxylic acids is 1. The molecule has 0 aliphatic carbocycles. The van der Waals surface area contributed by atoms with Gasteiger partial charge in [-0.15, -0.1) is 0 Å². The Morgan fingerprint density at radius 3 is 2.75 bits per heavy atom. The summed E-state index contributed by atoms with van der Waals surface area (Å²) in [5.74, 6) is 0.485. The van der Waals surface area contributed by atoms with Gasteiger partial charge in [0.15, 0.2) is 5.96 Å². The fourth-order valence-corrected chi connectivity index (χ4v) is 2.30. The summed E-state index contributed by atoms with van der Waals surface area (Å²) in [6.07, 6.45) is 0. The lowest BCUT2D eigenvalue weighted by atomic mass is 10.2. The van der Waals surface area contributed by atoms with Gasteiger partial charge in [-0.25, -0.2) is 0 Å². The highest BCUT2D eigenvalue weighted by molar-refractivity contribution is 6.06.